The Hall–Kier alpha value is -2.50. The fourth-order valence-electron chi connectivity index (χ4n) is 3.85. The van der Waals surface area contributed by atoms with Gasteiger partial charge in [0.1, 0.15) is 5.84 Å². The Morgan fingerprint density at radius 3 is 2.62 bits per heavy atom. The lowest BCUT2D eigenvalue weighted by molar-refractivity contribution is -0.132. The lowest BCUT2D eigenvalue weighted by Crippen LogP contribution is -2.24. The number of pyridine rings is 1. The van der Waals surface area contributed by atoms with Crippen LogP contribution in [-0.4, -0.2) is 29.4 Å². The first-order valence-corrected chi connectivity index (χ1v) is 11.4. The maximum Gasteiger partial charge on any atom is 0.200 e. The zero-order valence-corrected chi connectivity index (χ0v) is 20.0. The molecule has 0 amide bonds. The first-order chi connectivity index (χ1) is 15.3. The summed E-state index contributed by atoms with van der Waals surface area (Å²) in [6.07, 6.45) is 4.14. The predicted molar refractivity (Wildman–Crippen MR) is 130 cm³/mol. The van der Waals surface area contributed by atoms with Crippen LogP contribution in [0.5, 0.6) is 0 Å². The number of aryl methyl sites for hydroxylation is 1. The van der Waals surface area contributed by atoms with E-state index in [1.165, 1.54) is 5.57 Å². The van der Waals surface area contributed by atoms with Gasteiger partial charge < -0.3 is 5.32 Å². The number of nitrogens with zero attached hydrogens (tertiary/aromatic N) is 2. The van der Waals surface area contributed by atoms with E-state index in [2.05, 4.69) is 24.1 Å². The molecule has 0 saturated carbocycles. The number of aliphatic imine (C=N–C) groups is 1. The van der Waals surface area contributed by atoms with Crippen molar-refractivity contribution in [3.05, 3.63) is 69.0 Å². The van der Waals surface area contributed by atoms with E-state index >= 15 is 0 Å². The van der Waals surface area contributed by atoms with Crippen LogP contribution in [0.25, 0.3) is 5.70 Å². The summed E-state index contributed by atoms with van der Waals surface area (Å²) in [6.45, 7) is 6.48. The van der Waals surface area contributed by atoms with Gasteiger partial charge in [-0.1, -0.05) is 43.1 Å². The summed E-state index contributed by atoms with van der Waals surface area (Å²) in [5, 5.41) is 4.42. The normalized spacial score (nSPS) is 15.9. The number of hydrogen-bond donors (Lipinski definition) is 1. The number of nitrogens with one attached hydrogen (secondary N) is 1. The van der Waals surface area contributed by atoms with E-state index in [0.29, 0.717) is 35.1 Å². The molecule has 0 radical (unpaired) electrons. The number of carbonyl (C=O) groups excluding carboxylic acids is 2. The fourth-order valence-corrected chi connectivity index (χ4v) is 4.14. The Kier molecular flexibility index (Phi) is 8.21. The fraction of sp³-hybridized carbons (Fsp3) is 0.360. The molecule has 1 unspecified atom stereocenters. The Morgan fingerprint density at radius 1 is 1.19 bits per heavy atom. The zero-order chi connectivity index (χ0) is 23.3. The van der Waals surface area contributed by atoms with E-state index in [1.807, 2.05) is 31.2 Å². The van der Waals surface area contributed by atoms with Crippen LogP contribution in [0, 0.1) is 18.8 Å². The van der Waals surface area contributed by atoms with Gasteiger partial charge in [0.15, 0.2) is 12.1 Å². The van der Waals surface area contributed by atoms with Crippen molar-refractivity contribution >= 4 is 46.8 Å². The number of carbonyl (C=O) groups is 2. The molecule has 1 aromatic carbocycles. The molecular formula is C25H27Cl2N3O2. The SMILES string of the molecule is Cc1cc(CC(CN=C2CC(CC(C)C)=C(c3ccc(Cl)c(Cl)c3)N2)C(=O)C=O)ccn1. The molecule has 0 saturated heterocycles. The highest BCUT2D eigenvalue weighted by Crippen LogP contribution is 2.32. The number of Topliss-reactive ketones (excluding diaryl/α,β-unsaturated/α-hetero) is 1. The molecule has 1 atom stereocenters. The highest BCUT2D eigenvalue weighted by Gasteiger charge is 2.24. The second kappa shape index (κ2) is 10.9. The van der Waals surface area contributed by atoms with Gasteiger partial charge in [-0.25, -0.2) is 0 Å². The first kappa shape index (κ1) is 24.1. The van der Waals surface area contributed by atoms with Crippen LogP contribution in [0.1, 0.15) is 43.5 Å². The molecule has 2 heterocycles. The summed E-state index contributed by atoms with van der Waals surface area (Å²) >= 11 is 12.3. The van der Waals surface area contributed by atoms with Crippen LogP contribution < -0.4 is 5.32 Å². The molecule has 1 N–H and O–H groups in total. The second-order valence-electron chi connectivity index (χ2n) is 8.52. The second-order valence-corrected chi connectivity index (χ2v) is 9.34. The summed E-state index contributed by atoms with van der Waals surface area (Å²) in [4.78, 5) is 32.4. The van der Waals surface area contributed by atoms with Crippen molar-refractivity contribution < 1.29 is 9.59 Å². The largest absolute Gasteiger partial charge is 0.343 e. The third kappa shape index (κ3) is 6.27. The third-order valence-corrected chi connectivity index (χ3v) is 6.07. The van der Waals surface area contributed by atoms with E-state index in [1.54, 1.807) is 12.3 Å². The average molecular weight is 472 g/mol. The summed E-state index contributed by atoms with van der Waals surface area (Å²) in [6, 6.07) is 9.36. The van der Waals surface area contributed by atoms with Crippen LogP contribution >= 0.6 is 23.2 Å². The van der Waals surface area contributed by atoms with E-state index < -0.39 is 11.7 Å². The Bertz CT molecular complexity index is 1080. The van der Waals surface area contributed by atoms with E-state index in [-0.39, 0.29) is 6.54 Å². The van der Waals surface area contributed by atoms with Crippen LogP contribution in [-0.2, 0) is 16.0 Å². The zero-order valence-electron chi connectivity index (χ0n) is 18.5. The molecule has 1 aliphatic heterocycles. The van der Waals surface area contributed by atoms with E-state index in [9.17, 15) is 9.59 Å². The van der Waals surface area contributed by atoms with Crippen molar-refractivity contribution in [3.63, 3.8) is 0 Å². The minimum Gasteiger partial charge on any atom is -0.343 e. The van der Waals surface area contributed by atoms with Gasteiger partial charge in [0, 0.05) is 29.9 Å². The van der Waals surface area contributed by atoms with Crippen LogP contribution in [0.15, 0.2) is 47.1 Å². The van der Waals surface area contributed by atoms with Crippen molar-refractivity contribution in [1.29, 1.82) is 0 Å². The molecule has 5 nitrogen and oxygen atoms in total. The molecule has 1 aromatic heterocycles. The number of ketones is 1. The lowest BCUT2D eigenvalue weighted by atomic mass is 9.96. The smallest absolute Gasteiger partial charge is 0.200 e. The molecule has 0 fully saturated rings. The van der Waals surface area contributed by atoms with E-state index in [4.69, 9.17) is 28.2 Å². The van der Waals surface area contributed by atoms with Crippen molar-refractivity contribution in [2.75, 3.05) is 6.54 Å². The molecule has 2 aromatic rings. The van der Waals surface area contributed by atoms with Gasteiger partial charge in [0.25, 0.3) is 0 Å². The van der Waals surface area contributed by atoms with Gasteiger partial charge in [-0.05, 0) is 66.6 Å². The summed E-state index contributed by atoms with van der Waals surface area (Å²) < 4.78 is 0. The number of halogens is 2. The Labute approximate surface area is 198 Å². The first-order valence-electron chi connectivity index (χ1n) is 10.6. The van der Waals surface area contributed by atoms with Crippen molar-refractivity contribution in [2.24, 2.45) is 16.8 Å². The molecule has 0 aliphatic carbocycles. The quantitative estimate of drug-likeness (QED) is 0.388. The Balaban J connectivity index is 1.80. The maximum atomic E-state index is 12.3. The lowest BCUT2D eigenvalue weighted by Gasteiger charge is -2.12. The molecular weight excluding hydrogens is 445 g/mol. The van der Waals surface area contributed by atoms with Crippen LogP contribution in [0.3, 0.4) is 0 Å². The molecule has 3 rings (SSSR count). The number of rotatable bonds is 9. The number of hydrogen-bond acceptors (Lipinski definition) is 4. The molecule has 0 bridgehead atoms. The molecule has 1 aliphatic rings. The van der Waals surface area contributed by atoms with Gasteiger partial charge in [-0.15, -0.1) is 0 Å². The summed E-state index contributed by atoms with van der Waals surface area (Å²) in [5.41, 5.74) is 5.01. The highest BCUT2D eigenvalue weighted by molar-refractivity contribution is 6.42. The maximum absolute atomic E-state index is 12.3. The number of aromatic nitrogens is 1. The minimum absolute atomic E-state index is 0.241. The molecule has 7 heteroatoms. The summed E-state index contributed by atoms with van der Waals surface area (Å²) in [5.74, 6) is 0.313. The standard InChI is InChI=1S/C25H27Cl2N3O2/c1-15(2)8-19-12-24(30-25(19)18-4-5-21(26)22(27)11-18)29-13-20(23(32)14-31)10-17-6-7-28-16(3)9-17/h4-7,9,11,14-15,20H,8,10,12-13H2,1-3H3,(H,29,30). The van der Waals surface area contributed by atoms with Crippen molar-refractivity contribution in [3.8, 4) is 0 Å². The number of benzene rings is 1. The number of amidine groups is 1. The minimum atomic E-state index is -0.508. The van der Waals surface area contributed by atoms with Crippen LogP contribution in [0.2, 0.25) is 10.0 Å². The Morgan fingerprint density at radius 2 is 1.97 bits per heavy atom. The average Bonchev–Trinajstić information content (AvgIpc) is 3.14. The number of aldehydes is 1. The molecule has 0 spiro atoms. The molecule has 32 heavy (non-hydrogen) atoms. The third-order valence-electron chi connectivity index (χ3n) is 5.33. The van der Waals surface area contributed by atoms with E-state index in [0.717, 1.165) is 34.8 Å². The van der Waals surface area contributed by atoms with Gasteiger partial charge in [-0.3, -0.25) is 19.6 Å². The summed E-state index contributed by atoms with van der Waals surface area (Å²) in [7, 11) is 0. The van der Waals surface area contributed by atoms with Gasteiger partial charge in [0.05, 0.1) is 16.6 Å². The predicted octanol–water partition coefficient (Wildman–Crippen LogP) is 5.47. The topological polar surface area (TPSA) is 71.4 Å². The molecule has 168 valence electrons. The monoisotopic (exact) mass is 471 g/mol. The highest BCUT2D eigenvalue weighted by atomic mass is 35.5. The van der Waals surface area contributed by atoms with Gasteiger partial charge in [0.2, 0.25) is 0 Å². The van der Waals surface area contributed by atoms with Crippen molar-refractivity contribution in [2.45, 2.75) is 40.0 Å². The van der Waals surface area contributed by atoms with Crippen LogP contribution in [0.4, 0.5) is 0 Å². The van der Waals surface area contributed by atoms with Gasteiger partial charge >= 0.3 is 0 Å². The van der Waals surface area contributed by atoms with Crippen molar-refractivity contribution in [1.82, 2.24) is 10.3 Å². The van der Waals surface area contributed by atoms with Gasteiger partial charge in [-0.2, -0.15) is 0 Å².